The average Bonchev–Trinajstić information content (AvgIpc) is 2.30. The van der Waals surface area contributed by atoms with Crippen molar-refractivity contribution in [1.29, 1.82) is 5.26 Å². The highest BCUT2D eigenvalue weighted by Gasteiger charge is 2.26. The van der Waals surface area contributed by atoms with Crippen LogP contribution in [0.15, 0.2) is 5.10 Å². The van der Waals surface area contributed by atoms with E-state index in [1.54, 1.807) is 18.4 Å². The zero-order chi connectivity index (χ0) is 8.43. The Morgan fingerprint density at radius 1 is 1.64 bits per heavy atom. The minimum atomic E-state index is -0.227. The maximum absolute atomic E-state index is 8.74. The van der Waals surface area contributed by atoms with Crippen molar-refractivity contribution < 1.29 is 0 Å². The topological polar surface area (TPSA) is 42.6 Å². The summed E-state index contributed by atoms with van der Waals surface area (Å²) in [5, 5.41) is 14.4. The van der Waals surface area contributed by atoms with Gasteiger partial charge in [0.15, 0.2) is 0 Å². The van der Waals surface area contributed by atoms with E-state index in [-0.39, 0.29) is 6.17 Å². The summed E-state index contributed by atoms with van der Waals surface area (Å²) in [5.74, 6) is 0. The molecule has 0 radical (unpaired) electrons. The summed E-state index contributed by atoms with van der Waals surface area (Å²) >= 11 is 0. The minimum absolute atomic E-state index is 0.227. The lowest BCUT2D eigenvalue weighted by atomic mass is 10.3. The number of hydrazone groups is 1. The van der Waals surface area contributed by atoms with Gasteiger partial charge in [-0.05, 0) is 13.8 Å². The van der Waals surface area contributed by atoms with Crippen molar-refractivity contribution in [1.82, 2.24) is 9.91 Å². The first kappa shape index (κ1) is 7.86. The molecule has 1 atom stereocenters. The molecule has 1 aliphatic heterocycles. The van der Waals surface area contributed by atoms with Crippen LogP contribution >= 0.6 is 0 Å². The Kier molecular flexibility index (Phi) is 1.99. The van der Waals surface area contributed by atoms with Crippen LogP contribution in [0.2, 0.25) is 0 Å². The van der Waals surface area contributed by atoms with Crippen LogP contribution < -0.4 is 0 Å². The van der Waals surface area contributed by atoms with Crippen LogP contribution in [0.3, 0.4) is 0 Å². The van der Waals surface area contributed by atoms with Crippen molar-refractivity contribution >= 4 is 6.34 Å². The van der Waals surface area contributed by atoms with E-state index in [1.807, 2.05) is 18.7 Å². The number of nitrogens with zero attached hydrogens (tertiary/aromatic N) is 4. The molecule has 60 valence electrons. The molecule has 0 spiro atoms. The number of hydrogen-bond donors (Lipinski definition) is 0. The molecule has 4 heteroatoms. The zero-order valence-corrected chi connectivity index (χ0v) is 7.02. The summed E-state index contributed by atoms with van der Waals surface area (Å²) in [6, 6.07) is 2.50. The molecule has 1 rings (SSSR count). The fraction of sp³-hybridized carbons (Fsp3) is 0.714. The molecular weight excluding hydrogens is 140 g/mol. The lowest BCUT2D eigenvalue weighted by Gasteiger charge is -2.25. The molecule has 0 aromatic carbocycles. The van der Waals surface area contributed by atoms with Crippen molar-refractivity contribution in [3.63, 3.8) is 0 Å². The molecular formula is C7H12N4. The van der Waals surface area contributed by atoms with Crippen molar-refractivity contribution in [2.24, 2.45) is 5.10 Å². The highest BCUT2D eigenvalue weighted by atomic mass is 15.6. The Morgan fingerprint density at radius 3 is 2.64 bits per heavy atom. The van der Waals surface area contributed by atoms with Crippen LogP contribution in [0.25, 0.3) is 0 Å². The fourth-order valence-electron chi connectivity index (χ4n) is 1.03. The third-order valence-electron chi connectivity index (χ3n) is 1.72. The highest BCUT2D eigenvalue weighted by molar-refractivity contribution is 5.58. The highest BCUT2D eigenvalue weighted by Crippen LogP contribution is 2.11. The van der Waals surface area contributed by atoms with Crippen molar-refractivity contribution in [3.05, 3.63) is 0 Å². The number of nitriles is 1. The Labute approximate surface area is 66.7 Å². The van der Waals surface area contributed by atoms with Crippen molar-refractivity contribution in [2.75, 3.05) is 7.05 Å². The van der Waals surface area contributed by atoms with Gasteiger partial charge in [0.1, 0.15) is 12.4 Å². The van der Waals surface area contributed by atoms with Gasteiger partial charge in [-0.15, -0.1) is 0 Å². The van der Waals surface area contributed by atoms with E-state index in [9.17, 15) is 0 Å². The van der Waals surface area contributed by atoms with Crippen LogP contribution in [0.5, 0.6) is 0 Å². The van der Waals surface area contributed by atoms with E-state index in [2.05, 4.69) is 11.2 Å². The lowest BCUT2D eigenvalue weighted by Crippen LogP contribution is -2.40. The predicted octanol–water partition coefficient (Wildman–Crippen LogP) is 0.435. The third kappa shape index (κ3) is 1.27. The first-order valence-electron chi connectivity index (χ1n) is 3.61. The van der Waals surface area contributed by atoms with Crippen LogP contribution in [-0.4, -0.2) is 35.5 Å². The SMILES string of the molecule is CC(C)N1C=NN(C)C1C#N. The molecule has 0 saturated carbocycles. The van der Waals surface area contributed by atoms with E-state index >= 15 is 0 Å². The Bertz CT molecular complexity index is 203. The van der Waals surface area contributed by atoms with Crippen molar-refractivity contribution in [3.8, 4) is 6.07 Å². The summed E-state index contributed by atoms with van der Waals surface area (Å²) in [5.41, 5.74) is 0. The molecule has 0 aliphatic carbocycles. The summed E-state index contributed by atoms with van der Waals surface area (Å²) < 4.78 is 0. The first-order valence-corrected chi connectivity index (χ1v) is 3.61. The first-order chi connectivity index (χ1) is 5.16. The van der Waals surface area contributed by atoms with Gasteiger partial charge in [-0.1, -0.05) is 0 Å². The zero-order valence-electron chi connectivity index (χ0n) is 7.02. The smallest absolute Gasteiger partial charge is 0.207 e. The van der Waals surface area contributed by atoms with Gasteiger partial charge in [0, 0.05) is 13.1 Å². The second-order valence-corrected chi connectivity index (χ2v) is 2.85. The number of hydrogen-bond acceptors (Lipinski definition) is 4. The van der Waals surface area contributed by atoms with E-state index in [0.717, 1.165) is 0 Å². The molecule has 0 aromatic heterocycles. The second-order valence-electron chi connectivity index (χ2n) is 2.85. The van der Waals surface area contributed by atoms with E-state index in [1.165, 1.54) is 0 Å². The maximum Gasteiger partial charge on any atom is 0.207 e. The molecule has 0 amide bonds. The van der Waals surface area contributed by atoms with Crippen LogP contribution in [0, 0.1) is 11.3 Å². The average molecular weight is 152 g/mol. The standard InChI is InChI=1S/C7H12N4/c1-6(2)11-5-9-10(3)7(11)4-8/h5-7H,1-3H3. The molecule has 0 N–H and O–H groups in total. The molecule has 0 saturated heterocycles. The molecule has 0 bridgehead atoms. The second kappa shape index (κ2) is 2.79. The molecule has 1 aliphatic rings. The van der Waals surface area contributed by atoms with Gasteiger partial charge >= 0.3 is 0 Å². The van der Waals surface area contributed by atoms with Gasteiger partial charge in [0.05, 0.1) is 0 Å². The molecule has 1 unspecified atom stereocenters. The predicted molar refractivity (Wildman–Crippen MR) is 42.6 cm³/mol. The van der Waals surface area contributed by atoms with Gasteiger partial charge in [-0.3, -0.25) is 5.01 Å². The van der Waals surface area contributed by atoms with Crippen LogP contribution in [0.4, 0.5) is 0 Å². The van der Waals surface area contributed by atoms with Gasteiger partial charge in [0.25, 0.3) is 0 Å². The van der Waals surface area contributed by atoms with Gasteiger partial charge in [-0.25, -0.2) is 0 Å². The number of rotatable bonds is 1. The van der Waals surface area contributed by atoms with Crippen molar-refractivity contribution in [2.45, 2.75) is 26.1 Å². The van der Waals surface area contributed by atoms with Gasteiger partial charge in [-0.2, -0.15) is 10.4 Å². The largest absolute Gasteiger partial charge is 0.325 e. The Hall–Kier alpha value is -1.24. The quantitative estimate of drug-likeness (QED) is 0.547. The molecule has 1 heterocycles. The maximum atomic E-state index is 8.74. The van der Waals surface area contributed by atoms with Gasteiger partial charge < -0.3 is 4.90 Å². The molecule has 4 nitrogen and oxygen atoms in total. The fourth-order valence-corrected chi connectivity index (χ4v) is 1.03. The minimum Gasteiger partial charge on any atom is -0.325 e. The monoisotopic (exact) mass is 152 g/mol. The van der Waals surface area contributed by atoms with E-state index in [0.29, 0.717) is 6.04 Å². The Balaban J connectivity index is 2.70. The summed E-state index contributed by atoms with van der Waals surface area (Å²) in [7, 11) is 1.80. The lowest BCUT2D eigenvalue weighted by molar-refractivity contribution is 0.187. The summed E-state index contributed by atoms with van der Waals surface area (Å²) in [6.45, 7) is 4.07. The van der Waals surface area contributed by atoms with Crippen LogP contribution in [-0.2, 0) is 0 Å². The third-order valence-corrected chi connectivity index (χ3v) is 1.72. The summed E-state index contributed by atoms with van der Waals surface area (Å²) in [6.07, 6.45) is 1.48. The summed E-state index contributed by atoms with van der Waals surface area (Å²) in [4.78, 5) is 1.92. The molecule has 11 heavy (non-hydrogen) atoms. The molecule has 0 fully saturated rings. The van der Waals surface area contributed by atoms with Gasteiger partial charge in [0.2, 0.25) is 6.17 Å². The van der Waals surface area contributed by atoms with E-state index in [4.69, 9.17) is 5.26 Å². The van der Waals surface area contributed by atoms with Crippen LogP contribution in [0.1, 0.15) is 13.8 Å². The molecule has 0 aromatic rings. The normalized spacial score (nSPS) is 23.0. The van der Waals surface area contributed by atoms with E-state index < -0.39 is 0 Å². The Morgan fingerprint density at radius 2 is 2.27 bits per heavy atom.